The number of aromatic nitrogens is 1. The zero-order chi connectivity index (χ0) is 28.9. The fraction of sp³-hybridized carbons (Fsp3) is 0.294. The Bertz CT molecular complexity index is 1500. The lowest BCUT2D eigenvalue weighted by Crippen LogP contribution is -2.33. The lowest BCUT2D eigenvalue weighted by molar-refractivity contribution is -0.160. The van der Waals surface area contributed by atoms with E-state index in [2.05, 4.69) is 23.7 Å². The van der Waals surface area contributed by atoms with Crippen LogP contribution < -0.4 is 5.32 Å². The Morgan fingerprint density at radius 3 is 2.32 bits per heavy atom. The van der Waals surface area contributed by atoms with Crippen LogP contribution in [-0.4, -0.2) is 33.8 Å². The molecule has 1 aliphatic heterocycles. The first kappa shape index (κ1) is 28.3. The molecule has 5 rings (SSSR count). The van der Waals surface area contributed by atoms with Gasteiger partial charge >= 0.3 is 5.97 Å². The van der Waals surface area contributed by atoms with E-state index in [1.165, 1.54) is 12.1 Å². The van der Waals surface area contributed by atoms with Crippen LogP contribution in [0.15, 0.2) is 84.9 Å². The Hall–Kier alpha value is -4.23. The molecular weight excluding hydrogens is 519 g/mol. The quantitative estimate of drug-likeness (QED) is 0.215. The second-order valence-corrected chi connectivity index (χ2v) is 10.6. The smallest absolute Gasteiger partial charge is 0.308 e. The number of carbonyl (C=O) groups excluding carboxylic acids is 2. The number of anilines is 1. The molecule has 0 radical (unpaired) electrons. The summed E-state index contributed by atoms with van der Waals surface area (Å²) >= 11 is 0. The first-order chi connectivity index (χ1) is 19.9. The summed E-state index contributed by atoms with van der Waals surface area (Å²) in [7, 11) is 0. The monoisotopic (exact) mass is 554 g/mol. The highest BCUT2D eigenvalue weighted by atomic mass is 19.1. The van der Waals surface area contributed by atoms with Crippen molar-refractivity contribution in [1.82, 2.24) is 4.57 Å². The van der Waals surface area contributed by atoms with E-state index in [1.54, 1.807) is 12.1 Å². The highest BCUT2D eigenvalue weighted by Crippen LogP contribution is 2.43. The van der Waals surface area contributed by atoms with Crippen LogP contribution >= 0.6 is 0 Å². The van der Waals surface area contributed by atoms with Crippen LogP contribution in [0, 0.1) is 5.82 Å². The molecule has 0 aliphatic carbocycles. The molecule has 4 aromatic rings. The third-order valence-electron chi connectivity index (χ3n) is 7.73. The number of amides is 1. The van der Waals surface area contributed by atoms with Crippen molar-refractivity contribution in [1.29, 1.82) is 0 Å². The van der Waals surface area contributed by atoms with Gasteiger partial charge in [0.2, 0.25) is 0 Å². The number of ether oxygens (including phenoxy) is 1. The number of hydrogen-bond donors (Lipinski definition) is 2. The van der Waals surface area contributed by atoms with E-state index in [-0.39, 0.29) is 24.1 Å². The van der Waals surface area contributed by atoms with Gasteiger partial charge < -0.3 is 19.7 Å². The summed E-state index contributed by atoms with van der Waals surface area (Å²) in [6.45, 7) is 4.62. The summed E-state index contributed by atoms with van der Waals surface area (Å²) in [5.74, 6) is -0.981. The molecule has 1 unspecified atom stereocenters. The summed E-state index contributed by atoms with van der Waals surface area (Å²) < 4.78 is 21.8. The van der Waals surface area contributed by atoms with E-state index in [0.717, 1.165) is 34.5 Å². The van der Waals surface area contributed by atoms with E-state index in [9.17, 15) is 19.1 Å². The van der Waals surface area contributed by atoms with Gasteiger partial charge in [-0.05, 0) is 59.9 Å². The van der Waals surface area contributed by atoms with Gasteiger partial charge in [-0.2, -0.15) is 0 Å². The van der Waals surface area contributed by atoms with E-state index >= 15 is 0 Å². The fourth-order valence-electron chi connectivity index (χ4n) is 5.62. The molecule has 2 heterocycles. The zero-order valence-corrected chi connectivity index (χ0v) is 23.3. The van der Waals surface area contributed by atoms with Gasteiger partial charge in [-0.3, -0.25) is 9.59 Å². The van der Waals surface area contributed by atoms with Crippen molar-refractivity contribution < 1.29 is 23.8 Å². The lowest BCUT2D eigenvalue weighted by Gasteiger charge is -2.27. The molecule has 212 valence electrons. The molecule has 41 heavy (non-hydrogen) atoms. The summed E-state index contributed by atoms with van der Waals surface area (Å²) in [6, 6.07) is 25.4. The molecule has 1 saturated heterocycles. The number of para-hydroxylation sites is 1. The van der Waals surface area contributed by atoms with Crippen molar-refractivity contribution in [3.8, 4) is 22.4 Å². The van der Waals surface area contributed by atoms with Crippen molar-refractivity contribution in [3.05, 3.63) is 102 Å². The molecule has 3 atom stereocenters. The van der Waals surface area contributed by atoms with Gasteiger partial charge in [-0.15, -0.1) is 0 Å². The molecule has 0 saturated carbocycles. The second-order valence-electron chi connectivity index (χ2n) is 10.6. The lowest BCUT2D eigenvalue weighted by atomic mass is 9.93. The zero-order valence-electron chi connectivity index (χ0n) is 23.3. The minimum absolute atomic E-state index is 0.000921. The van der Waals surface area contributed by atoms with Crippen LogP contribution in [0.1, 0.15) is 61.5 Å². The minimum Gasteiger partial charge on any atom is -0.462 e. The Morgan fingerprint density at radius 1 is 1.02 bits per heavy atom. The molecule has 1 aliphatic rings. The number of aliphatic hydroxyl groups excluding tert-OH is 1. The van der Waals surface area contributed by atoms with Gasteiger partial charge in [-0.25, -0.2) is 4.39 Å². The van der Waals surface area contributed by atoms with Crippen molar-refractivity contribution in [2.24, 2.45) is 0 Å². The van der Waals surface area contributed by atoms with Gasteiger partial charge in [0.1, 0.15) is 11.9 Å². The Kier molecular flexibility index (Phi) is 8.64. The molecule has 7 heteroatoms. The average molecular weight is 555 g/mol. The van der Waals surface area contributed by atoms with Crippen molar-refractivity contribution >= 4 is 17.6 Å². The van der Waals surface area contributed by atoms with Crippen LogP contribution in [-0.2, 0) is 16.1 Å². The largest absolute Gasteiger partial charge is 0.462 e. The number of nitrogens with one attached hydrogen (secondary N) is 1. The van der Waals surface area contributed by atoms with Crippen LogP contribution in [0.5, 0.6) is 0 Å². The molecule has 3 aromatic carbocycles. The maximum absolute atomic E-state index is 14.2. The van der Waals surface area contributed by atoms with Crippen LogP contribution in [0.2, 0.25) is 0 Å². The maximum atomic E-state index is 14.2. The molecule has 1 fully saturated rings. The SMILES string of the molecule is CCC(C)c1c(C(=O)Nc2ccccc2)c(-c2ccccc2)c(-c2ccc(F)cc2)n1CC[C@@H]1C[C@@H](O)CC(=O)O1. The number of esters is 1. The van der Waals surface area contributed by atoms with Gasteiger partial charge in [0.05, 0.1) is 23.8 Å². The maximum Gasteiger partial charge on any atom is 0.308 e. The van der Waals surface area contributed by atoms with Crippen molar-refractivity contribution in [2.45, 2.75) is 64.2 Å². The molecule has 0 bridgehead atoms. The molecular formula is C34H35FN2O4. The first-order valence-electron chi connectivity index (χ1n) is 14.2. The molecule has 0 spiro atoms. The number of aliphatic hydroxyl groups is 1. The fourth-order valence-corrected chi connectivity index (χ4v) is 5.62. The third kappa shape index (κ3) is 6.25. The highest BCUT2D eigenvalue weighted by molar-refractivity contribution is 6.12. The van der Waals surface area contributed by atoms with E-state index in [1.807, 2.05) is 60.7 Å². The Labute approximate surface area is 239 Å². The molecule has 6 nitrogen and oxygen atoms in total. The summed E-state index contributed by atoms with van der Waals surface area (Å²) in [4.78, 5) is 26.3. The molecule has 1 amide bonds. The number of nitrogens with zero attached hydrogens (tertiary/aromatic N) is 1. The van der Waals surface area contributed by atoms with Crippen LogP contribution in [0.4, 0.5) is 10.1 Å². The standard InChI is InChI=1S/C34H35FN2O4/c1-3-22(2)32-31(34(40)36-26-12-8-5-9-13-26)30(23-10-6-4-7-11-23)33(24-14-16-25(35)17-15-24)37(32)19-18-28-20-27(38)21-29(39)41-28/h4-17,22,27-28,38H,3,18-21H2,1-2H3,(H,36,40)/t22?,27-,28-/m1/s1. The highest BCUT2D eigenvalue weighted by Gasteiger charge is 2.33. The van der Waals surface area contributed by atoms with E-state index in [0.29, 0.717) is 30.6 Å². The Balaban J connectivity index is 1.73. The van der Waals surface area contributed by atoms with Gasteiger partial charge in [-0.1, -0.05) is 62.4 Å². The molecule has 1 aromatic heterocycles. The molecule has 2 N–H and O–H groups in total. The summed E-state index contributed by atoms with van der Waals surface area (Å²) in [6.07, 6.45) is 0.433. The predicted molar refractivity (Wildman–Crippen MR) is 158 cm³/mol. The average Bonchev–Trinajstić information content (AvgIpc) is 3.32. The summed E-state index contributed by atoms with van der Waals surface area (Å²) in [5, 5.41) is 13.3. The number of halogens is 1. The second kappa shape index (κ2) is 12.5. The summed E-state index contributed by atoms with van der Waals surface area (Å²) in [5.41, 5.74) is 5.32. The minimum atomic E-state index is -0.733. The van der Waals surface area contributed by atoms with E-state index < -0.39 is 18.2 Å². The van der Waals surface area contributed by atoms with Crippen LogP contribution in [0.3, 0.4) is 0 Å². The number of carbonyl (C=O) groups is 2. The van der Waals surface area contributed by atoms with Gasteiger partial charge in [0.25, 0.3) is 5.91 Å². The number of hydrogen-bond acceptors (Lipinski definition) is 4. The van der Waals surface area contributed by atoms with Crippen molar-refractivity contribution in [2.75, 3.05) is 5.32 Å². The van der Waals surface area contributed by atoms with E-state index in [4.69, 9.17) is 4.74 Å². The third-order valence-corrected chi connectivity index (χ3v) is 7.73. The predicted octanol–water partition coefficient (Wildman–Crippen LogP) is 7.18. The normalized spacial score (nSPS) is 17.6. The van der Waals surface area contributed by atoms with Gasteiger partial charge in [0.15, 0.2) is 0 Å². The number of benzene rings is 3. The first-order valence-corrected chi connectivity index (χ1v) is 14.2. The van der Waals surface area contributed by atoms with Crippen molar-refractivity contribution in [3.63, 3.8) is 0 Å². The van der Waals surface area contributed by atoms with Crippen LogP contribution in [0.25, 0.3) is 22.4 Å². The number of cyclic esters (lactones) is 1. The number of rotatable bonds is 9. The topological polar surface area (TPSA) is 80.6 Å². The van der Waals surface area contributed by atoms with Gasteiger partial charge in [0, 0.05) is 36.3 Å². The Morgan fingerprint density at radius 2 is 1.68 bits per heavy atom.